The van der Waals surface area contributed by atoms with Crippen LogP contribution in [0.1, 0.15) is 17.2 Å². The highest BCUT2D eigenvalue weighted by atomic mass is 19.1. The zero-order valence-electron chi connectivity index (χ0n) is 16.2. The molecule has 0 unspecified atom stereocenters. The van der Waals surface area contributed by atoms with Crippen LogP contribution in [-0.4, -0.2) is 17.9 Å². The van der Waals surface area contributed by atoms with Gasteiger partial charge < -0.3 is 0 Å². The number of imide groups is 1. The van der Waals surface area contributed by atoms with Crippen LogP contribution in [-0.2, 0) is 14.4 Å². The van der Waals surface area contributed by atoms with E-state index in [2.05, 4.69) is 0 Å². The molecule has 3 aromatic rings. The van der Waals surface area contributed by atoms with Crippen molar-refractivity contribution in [1.29, 1.82) is 0 Å². The Morgan fingerprint density at radius 1 is 0.833 bits per heavy atom. The van der Waals surface area contributed by atoms with Crippen molar-refractivity contribution in [3.8, 4) is 0 Å². The minimum Gasteiger partial charge on any atom is -0.273 e. The van der Waals surface area contributed by atoms with E-state index in [9.17, 15) is 14.0 Å². The average molecular weight is 402 g/mol. The number of nitrogens with zero attached hydrogens (tertiary/aromatic N) is 2. The summed E-state index contributed by atoms with van der Waals surface area (Å²) in [6, 6.07) is 21.9. The standard InChI is InChI=1S/C24H19FN2O3/c1-15-7-5-6-10-19(15)27-21(16-11-13-17(25)14-12-16)20-22(30-27)24(29)26(23(20)28)18-8-3-2-4-9-18/h2-14,20-22H,1H3/t20-,21-,22-/m0/s1. The van der Waals surface area contributed by atoms with E-state index >= 15 is 0 Å². The monoisotopic (exact) mass is 402 g/mol. The van der Waals surface area contributed by atoms with Crippen molar-refractivity contribution in [2.75, 3.05) is 9.96 Å². The largest absolute Gasteiger partial charge is 0.273 e. The Hall–Kier alpha value is -3.51. The summed E-state index contributed by atoms with van der Waals surface area (Å²) in [5, 5.41) is 1.63. The Morgan fingerprint density at radius 2 is 1.50 bits per heavy atom. The Kier molecular flexibility index (Phi) is 4.37. The van der Waals surface area contributed by atoms with Gasteiger partial charge in [0.1, 0.15) is 11.7 Å². The summed E-state index contributed by atoms with van der Waals surface area (Å²) in [6.07, 6.45) is -0.938. The number of para-hydroxylation sites is 2. The number of benzene rings is 3. The first kappa shape index (κ1) is 18.5. The molecule has 30 heavy (non-hydrogen) atoms. The van der Waals surface area contributed by atoms with Crippen LogP contribution < -0.4 is 9.96 Å². The van der Waals surface area contributed by atoms with E-state index in [4.69, 9.17) is 4.84 Å². The highest BCUT2D eigenvalue weighted by Gasteiger charge is 2.60. The maximum atomic E-state index is 13.6. The van der Waals surface area contributed by atoms with Crippen molar-refractivity contribution < 1.29 is 18.8 Å². The van der Waals surface area contributed by atoms with Gasteiger partial charge in [0.2, 0.25) is 5.91 Å². The van der Waals surface area contributed by atoms with Gasteiger partial charge in [0, 0.05) is 0 Å². The lowest BCUT2D eigenvalue weighted by molar-refractivity contribution is -0.126. The first-order valence-corrected chi connectivity index (χ1v) is 9.76. The molecule has 2 heterocycles. The molecule has 3 aromatic carbocycles. The summed E-state index contributed by atoms with van der Waals surface area (Å²) in [5.74, 6) is -1.81. The highest BCUT2D eigenvalue weighted by Crippen LogP contribution is 2.48. The van der Waals surface area contributed by atoms with Crippen LogP contribution in [0.4, 0.5) is 15.8 Å². The fourth-order valence-electron chi connectivity index (χ4n) is 4.26. The van der Waals surface area contributed by atoms with Crippen LogP contribution in [0, 0.1) is 18.7 Å². The van der Waals surface area contributed by atoms with E-state index in [1.54, 1.807) is 41.5 Å². The number of aryl methyl sites for hydroxylation is 1. The molecule has 2 fully saturated rings. The van der Waals surface area contributed by atoms with Gasteiger partial charge in [-0.3, -0.25) is 14.4 Å². The van der Waals surface area contributed by atoms with E-state index in [1.807, 2.05) is 37.3 Å². The third-order valence-electron chi connectivity index (χ3n) is 5.69. The molecule has 0 aromatic heterocycles. The number of hydrogen-bond donors (Lipinski definition) is 0. The van der Waals surface area contributed by atoms with Crippen molar-refractivity contribution in [2.24, 2.45) is 5.92 Å². The Bertz CT molecular complexity index is 1120. The van der Waals surface area contributed by atoms with Crippen LogP contribution in [0.15, 0.2) is 78.9 Å². The predicted molar refractivity (Wildman–Crippen MR) is 110 cm³/mol. The fourth-order valence-corrected chi connectivity index (χ4v) is 4.26. The maximum absolute atomic E-state index is 13.6. The third kappa shape index (κ3) is 2.80. The van der Waals surface area contributed by atoms with Crippen molar-refractivity contribution in [1.82, 2.24) is 0 Å². The van der Waals surface area contributed by atoms with Crippen molar-refractivity contribution in [2.45, 2.75) is 19.1 Å². The molecule has 0 N–H and O–H groups in total. The lowest BCUT2D eigenvalue weighted by atomic mass is 9.90. The van der Waals surface area contributed by atoms with Gasteiger partial charge in [-0.1, -0.05) is 48.5 Å². The Balaban J connectivity index is 1.61. The van der Waals surface area contributed by atoms with Gasteiger partial charge >= 0.3 is 0 Å². The summed E-state index contributed by atoms with van der Waals surface area (Å²) >= 11 is 0. The number of hydroxylamine groups is 1. The van der Waals surface area contributed by atoms with E-state index in [0.717, 1.165) is 11.3 Å². The van der Waals surface area contributed by atoms with Crippen LogP contribution in [0.3, 0.4) is 0 Å². The third-order valence-corrected chi connectivity index (χ3v) is 5.69. The Morgan fingerprint density at radius 3 is 2.20 bits per heavy atom. The van der Waals surface area contributed by atoms with E-state index in [0.29, 0.717) is 11.3 Å². The summed E-state index contributed by atoms with van der Waals surface area (Å²) in [5.41, 5.74) is 2.95. The van der Waals surface area contributed by atoms with Gasteiger partial charge in [0.25, 0.3) is 5.91 Å². The lowest BCUT2D eigenvalue weighted by Crippen LogP contribution is -2.37. The first-order chi connectivity index (χ1) is 14.6. The molecule has 2 saturated heterocycles. The van der Waals surface area contributed by atoms with Gasteiger partial charge in [0.05, 0.1) is 17.4 Å². The lowest BCUT2D eigenvalue weighted by Gasteiger charge is -2.29. The molecular formula is C24H19FN2O3. The topological polar surface area (TPSA) is 49.9 Å². The summed E-state index contributed by atoms with van der Waals surface area (Å²) in [7, 11) is 0. The van der Waals surface area contributed by atoms with Crippen LogP contribution in [0.25, 0.3) is 0 Å². The SMILES string of the molecule is Cc1ccccc1N1O[C@@H]2C(=O)N(c3ccccc3)C(=O)[C@H]2[C@@H]1c1ccc(F)cc1. The van der Waals surface area contributed by atoms with Crippen molar-refractivity contribution >= 4 is 23.2 Å². The molecule has 0 radical (unpaired) electrons. The molecule has 0 aliphatic carbocycles. The molecule has 150 valence electrons. The molecule has 5 rings (SSSR count). The van der Waals surface area contributed by atoms with E-state index < -0.39 is 18.1 Å². The summed E-state index contributed by atoms with van der Waals surface area (Å²) in [6.45, 7) is 1.94. The quantitative estimate of drug-likeness (QED) is 0.617. The summed E-state index contributed by atoms with van der Waals surface area (Å²) < 4.78 is 13.6. The molecule has 5 nitrogen and oxygen atoms in total. The number of fused-ring (bicyclic) bond motifs is 1. The normalized spacial score (nSPS) is 23.2. The zero-order chi connectivity index (χ0) is 20.8. The number of anilines is 2. The van der Waals surface area contributed by atoms with Crippen LogP contribution in [0.5, 0.6) is 0 Å². The second-order valence-electron chi connectivity index (χ2n) is 7.51. The van der Waals surface area contributed by atoms with Gasteiger partial charge in [-0.2, -0.15) is 0 Å². The first-order valence-electron chi connectivity index (χ1n) is 9.76. The predicted octanol–water partition coefficient (Wildman–Crippen LogP) is 4.19. The second kappa shape index (κ2) is 7.07. The maximum Gasteiger partial charge on any atom is 0.266 e. The number of halogens is 1. The smallest absolute Gasteiger partial charge is 0.266 e. The number of rotatable bonds is 3. The molecule has 2 aliphatic rings. The average Bonchev–Trinajstić information content (AvgIpc) is 3.26. The van der Waals surface area contributed by atoms with Crippen LogP contribution in [0.2, 0.25) is 0 Å². The van der Waals surface area contributed by atoms with Gasteiger partial charge in [0.15, 0.2) is 6.10 Å². The van der Waals surface area contributed by atoms with E-state index in [-0.39, 0.29) is 17.6 Å². The minimum atomic E-state index is -0.938. The highest BCUT2D eigenvalue weighted by molar-refractivity contribution is 6.23. The molecule has 6 heteroatoms. The van der Waals surface area contributed by atoms with E-state index in [1.165, 1.54) is 17.0 Å². The number of carbonyl (C=O) groups is 2. The molecular weight excluding hydrogens is 383 g/mol. The molecule has 3 atom stereocenters. The molecule has 2 aliphatic heterocycles. The molecule has 0 spiro atoms. The zero-order valence-corrected chi connectivity index (χ0v) is 16.2. The molecule has 0 saturated carbocycles. The van der Waals surface area contributed by atoms with Crippen molar-refractivity contribution in [3.63, 3.8) is 0 Å². The molecule has 2 amide bonds. The van der Waals surface area contributed by atoms with Crippen molar-refractivity contribution in [3.05, 3.63) is 95.8 Å². The number of carbonyl (C=O) groups excluding carboxylic acids is 2. The second-order valence-corrected chi connectivity index (χ2v) is 7.51. The van der Waals surface area contributed by atoms with Crippen LogP contribution >= 0.6 is 0 Å². The molecule has 0 bridgehead atoms. The Labute approximate surface area is 173 Å². The number of amides is 2. The summed E-state index contributed by atoms with van der Waals surface area (Å²) in [4.78, 5) is 33.9. The minimum absolute atomic E-state index is 0.318. The van der Waals surface area contributed by atoms with Gasteiger partial charge in [-0.15, -0.1) is 0 Å². The number of hydrogen-bond acceptors (Lipinski definition) is 4. The fraction of sp³-hybridized carbons (Fsp3) is 0.167. The van der Waals surface area contributed by atoms with Gasteiger partial charge in [-0.25, -0.2) is 14.4 Å². The van der Waals surface area contributed by atoms with Gasteiger partial charge in [-0.05, 0) is 48.4 Å².